The molecule has 6 N–H and O–H groups in total. The van der Waals surface area contributed by atoms with Crippen molar-refractivity contribution in [3.8, 4) is 17.2 Å². The smallest absolute Gasteiger partial charge is 0.200 e. The van der Waals surface area contributed by atoms with E-state index in [2.05, 4.69) is 5.16 Å². The molecule has 1 rings (SSSR count). The Morgan fingerprint density at radius 1 is 1.20 bits per heavy atom. The lowest BCUT2D eigenvalue weighted by molar-refractivity contribution is 0.220. The molecule has 1 aromatic carbocycles. The van der Waals surface area contributed by atoms with Gasteiger partial charge in [-0.25, -0.2) is 0 Å². The Hall–Kier alpha value is -2.15. The van der Waals surface area contributed by atoms with Gasteiger partial charge in [-0.15, -0.1) is 0 Å². The van der Waals surface area contributed by atoms with Gasteiger partial charge in [-0.2, -0.15) is 0 Å². The van der Waals surface area contributed by atoms with E-state index in [4.69, 9.17) is 25.7 Å². The Kier molecular flexibility index (Phi) is 3.19. The number of aromatic hydroxyl groups is 3. The van der Waals surface area contributed by atoms with Crippen LogP contribution < -0.4 is 5.48 Å². The Balaban J connectivity index is 2.97. The van der Waals surface area contributed by atoms with Crippen LogP contribution in [0.4, 0.5) is 0 Å². The molecule has 0 radical (unpaired) electrons. The molecule has 0 fully saturated rings. The first-order valence-corrected chi connectivity index (χ1v) is 3.93. The second kappa shape index (κ2) is 4.38. The minimum absolute atomic E-state index is 0.0472. The van der Waals surface area contributed by atoms with Crippen LogP contribution in [0.2, 0.25) is 0 Å². The highest BCUT2D eigenvalue weighted by molar-refractivity contribution is 5.83. The van der Waals surface area contributed by atoms with Crippen molar-refractivity contribution in [1.82, 2.24) is 5.48 Å². The molecule has 0 unspecified atom stereocenters. The lowest BCUT2D eigenvalue weighted by atomic mass is 10.1. The minimum atomic E-state index is -0.627. The van der Waals surface area contributed by atoms with Crippen LogP contribution in [-0.4, -0.2) is 31.6 Å². The van der Waals surface area contributed by atoms with Crippen molar-refractivity contribution in [1.29, 1.82) is 0 Å². The number of hydroxylamine groups is 1. The molecule has 0 aliphatic carbocycles. The standard InChI is InChI=1S/C8H10N2O5/c11-5-1-4(2-6(12)8(5)13)3-7(9-14)10-15/h1-2,11-15H,3H2,(H,9,10). The maximum absolute atomic E-state index is 9.14. The molecule has 0 spiro atoms. The zero-order chi connectivity index (χ0) is 11.4. The van der Waals surface area contributed by atoms with Crippen LogP contribution in [0.25, 0.3) is 0 Å². The van der Waals surface area contributed by atoms with Gasteiger partial charge in [-0.05, 0) is 17.7 Å². The molecule has 82 valence electrons. The first-order valence-electron chi connectivity index (χ1n) is 3.93. The summed E-state index contributed by atoms with van der Waals surface area (Å²) >= 11 is 0. The summed E-state index contributed by atoms with van der Waals surface area (Å²) in [6.45, 7) is 0. The van der Waals surface area contributed by atoms with E-state index in [1.165, 1.54) is 0 Å². The van der Waals surface area contributed by atoms with Gasteiger partial charge < -0.3 is 20.5 Å². The largest absolute Gasteiger partial charge is 0.504 e. The van der Waals surface area contributed by atoms with Gasteiger partial charge in [-0.1, -0.05) is 5.16 Å². The van der Waals surface area contributed by atoms with Crippen LogP contribution in [0.3, 0.4) is 0 Å². The molecule has 0 bridgehead atoms. The van der Waals surface area contributed by atoms with E-state index in [1.807, 2.05) is 0 Å². The summed E-state index contributed by atoms with van der Waals surface area (Å²) in [5.41, 5.74) is 1.97. The second-order valence-electron chi connectivity index (χ2n) is 2.82. The highest BCUT2D eigenvalue weighted by Gasteiger charge is 2.09. The molecule has 0 atom stereocenters. The Bertz CT molecular complexity index is 368. The molecular weight excluding hydrogens is 204 g/mol. The SMILES string of the molecule is ON=C(Cc1cc(O)c(O)c(O)c1)NO. The lowest BCUT2D eigenvalue weighted by Gasteiger charge is -2.06. The number of rotatable bonds is 2. The van der Waals surface area contributed by atoms with Crippen molar-refractivity contribution in [3.05, 3.63) is 17.7 Å². The van der Waals surface area contributed by atoms with Gasteiger partial charge in [0.2, 0.25) is 0 Å². The molecule has 0 aliphatic rings. The fourth-order valence-corrected chi connectivity index (χ4v) is 1.05. The van der Waals surface area contributed by atoms with Crippen LogP contribution in [0.5, 0.6) is 17.2 Å². The predicted octanol–water partition coefficient (Wildman–Crippen LogP) is 0.112. The first kappa shape index (κ1) is 10.9. The third-order valence-electron chi connectivity index (χ3n) is 1.75. The third kappa shape index (κ3) is 2.41. The molecule has 7 nitrogen and oxygen atoms in total. The number of phenols is 3. The molecule has 0 heterocycles. The summed E-state index contributed by atoms with van der Waals surface area (Å²) in [4.78, 5) is 0. The summed E-state index contributed by atoms with van der Waals surface area (Å²) in [5.74, 6) is -1.79. The van der Waals surface area contributed by atoms with Crippen molar-refractivity contribution in [2.45, 2.75) is 6.42 Å². The molecule has 0 aromatic heterocycles. The average Bonchev–Trinajstić information content (AvgIpc) is 2.22. The summed E-state index contributed by atoms with van der Waals surface area (Å²) in [6.07, 6.45) is -0.0472. The van der Waals surface area contributed by atoms with E-state index in [0.717, 1.165) is 12.1 Å². The van der Waals surface area contributed by atoms with Gasteiger partial charge in [0, 0.05) is 6.42 Å². The summed E-state index contributed by atoms with van der Waals surface area (Å²) in [7, 11) is 0. The van der Waals surface area contributed by atoms with Gasteiger partial charge >= 0.3 is 0 Å². The molecule has 0 aliphatic heterocycles. The van der Waals surface area contributed by atoms with Crippen LogP contribution in [0.1, 0.15) is 5.56 Å². The number of oxime groups is 1. The quantitative estimate of drug-likeness (QED) is 0.136. The predicted molar refractivity (Wildman–Crippen MR) is 49.3 cm³/mol. The van der Waals surface area contributed by atoms with E-state index in [-0.39, 0.29) is 12.3 Å². The number of hydrogen-bond acceptors (Lipinski definition) is 6. The molecule has 0 saturated carbocycles. The van der Waals surface area contributed by atoms with Gasteiger partial charge in [0.1, 0.15) is 0 Å². The third-order valence-corrected chi connectivity index (χ3v) is 1.75. The number of amidine groups is 1. The van der Waals surface area contributed by atoms with Gasteiger partial charge in [0.25, 0.3) is 0 Å². The van der Waals surface area contributed by atoms with E-state index >= 15 is 0 Å². The Morgan fingerprint density at radius 2 is 1.73 bits per heavy atom. The molecule has 7 heteroatoms. The van der Waals surface area contributed by atoms with Gasteiger partial charge in [-0.3, -0.25) is 10.7 Å². The van der Waals surface area contributed by atoms with Crippen LogP contribution in [0.15, 0.2) is 17.3 Å². The number of hydrogen-bond donors (Lipinski definition) is 6. The highest BCUT2D eigenvalue weighted by atomic mass is 16.5. The molecule has 0 amide bonds. The lowest BCUT2D eigenvalue weighted by Crippen LogP contribution is -2.21. The number of nitrogens with one attached hydrogen (secondary N) is 1. The zero-order valence-electron chi connectivity index (χ0n) is 7.55. The van der Waals surface area contributed by atoms with Crippen LogP contribution in [-0.2, 0) is 6.42 Å². The van der Waals surface area contributed by atoms with Crippen molar-refractivity contribution >= 4 is 5.84 Å². The maximum Gasteiger partial charge on any atom is 0.200 e. The molecule has 0 saturated heterocycles. The zero-order valence-corrected chi connectivity index (χ0v) is 7.55. The van der Waals surface area contributed by atoms with Crippen molar-refractivity contribution in [2.75, 3.05) is 0 Å². The Labute approximate surface area is 84.5 Å². The summed E-state index contributed by atoms with van der Waals surface area (Å²) < 4.78 is 0. The van der Waals surface area contributed by atoms with E-state index in [9.17, 15) is 0 Å². The number of nitrogens with zero attached hydrogens (tertiary/aromatic N) is 1. The normalized spacial score (nSPS) is 11.4. The van der Waals surface area contributed by atoms with Crippen LogP contribution in [0, 0.1) is 0 Å². The molecule has 15 heavy (non-hydrogen) atoms. The number of benzene rings is 1. The van der Waals surface area contributed by atoms with Gasteiger partial charge in [0.15, 0.2) is 23.1 Å². The van der Waals surface area contributed by atoms with Gasteiger partial charge in [0.05, 0.1) is 0 Å². The van der Waals surface area contributed by atoms with Crippen molar-refractivity contribution in [3.63, 3.8) is 0 Å². The Morgan fingerprint density at radius 3 is 2.13 bits per heavy atom. The minimum Gasteiger partial charge on any atom is -0.504 e. The number of phenolic OH excluding ortho intramolecular Hbond substituents is 3. The fraction of sp³-hybridized carbons (Fsp3) is 0.125. The van der Waals surface area contributed by atoms with Crippen molar-refractivity contribution in [2.24, 2.45) is 5.16 Å². The maximum atomic E-state index is 9.14. The van der Waals surface area contributed by atoms with E-state index in [1.54, 1.807) is 5.48 Å². The summed E-state index contributed by atoms with van der Waals surface area (Å²) in [6, 6.07) is 2.33. The molecule has 1 aromatic rings. The van der Waals surface area contributed by atoms with Crippen LogP contribution >= 0.6 is 0 Å². The summed E-state index contributed by atoms with van der Waals surface area (Å²) in [5, 5.41) is 46.9. The molecular formula is C8H10N2O5. The first-order chi connectivity index (χ1) is 7.08. The second-order valence-corrected chi connectivity index (χ2v) is 2.82. The van der Waals surface area contributed by atoms with E-state index < -0.39 is 17.2 Å². The fourth-order valence-electron chi connectivity index (χ4n) is 1.05. The topological polar surface area (TPSA) is 126 Å². The highest BCUT2D eigenvalue weighted by Crippen LogP contribution is 2.35. The average molecular weight is 214 g/mol. The van der Waals surface area contributed by atoms with Crippen molar-refractivity contribution < 1.29 is 25.7 Å². The van der Waals surface area contributed by atoms with E-state index in [0.29, 0.717) is 5.56 Å². The monoisotopic (exact) mass is 214 g/mol.